The lowest BCUT2D eigenvalue weighted by Crippen LogP contribution is -2.28. The van der Waals surface area contributed by atoms with Crippen LogP contribution < -0.4 is 14.2 Å². The number of nitrogens with one attached hydrogen (secondary N) is 1. The highest BCUT2D eigenvalue weighted by atomic mass is 35.5. The van der Waals surface area contributed by atoms with Crippen LogP contribution >= 0.6 is 11.6 Å². The highest BCUT2D eigenvalue weighted by Gasteiger charge is 2.21. The van der Waals surface area contributed by atoms with Crippen molar-refractivity contribution >= 4 is 45.0 Å². The molecule has 0 aliphatic heterocycles. The van der Waals surface area contributed by atoms with Gasteiger partial charge >= 0.3 is 11.7 Å². The zero-order valence-corrected chi connectivity index (χ0v) is 19.6. The number of hydrogen-bond donors (Lipinski definition) is 1. The van der Waals surface area contributed by atoms with Gasteiger partial charge in [-0.05, 0) is 6.42 Å². The maximum atomic E-state index is 12.5. The fourth-order valence-corrected chi connectivity index (χ4v) is 4.26. The molecule has 0 saturated carbocycles. The van der Waals surface area contributed by atoms with Crippen molar-refractivity contribution in [1.82, 2.24) is 39.0 Å². The summed E-state index contributed by atoms with van der Waals surface area (Å²) in [5.74, 6) is 0.822. The van der Waals surface area contributed by atoms with E-state index < -0.39 is 0 Å². The Bertz CT molecular complexity index is 1750. The quantitative estimate of drug-likeness (QED) is 0.285. The molecule has 0 bridgehead atoms. The normalized spacial score (nSPS) is 11.7. The zero-order chi connectivity index (χ0) is 24.3. The molecule has 0 aromatic carbocycles. The number of aromatic amines is 1. The van der Waals surface area contributed by atoms with Crippen LogP contribution in [0.5, 0.6) is 23.4 Å². The molecule has 0 amide bonds. The molecule has 35 heavy (non-hydrogen) atoms. The van der Waals surface area contributed by atoms with Crippen LogP contribution in [0.1, 0.15) is 12.6 Å². The number of H-pyrrole nitrogens is 1. The van der Waals surface area contributed by atoms with Crippen molar-refractivity contribution in [1.29, 1.82) is 0 Å². The van der Waals surface area contributed by atoms with Gasteiger partial charge in [0.25, 0.3) is 0 Å². The second-order valence-electron chi connectivity index (χ2n) is 7.95. The van der Waals surface area contributed by atoms with Crippen molar-refractivity contribution in [3.8, 4) is 23.4 Å². The summed E-state index contributed by atoms with van der Waals surface area (Å²) in [6.45, 7) is 1.97. The number of rotatable bonds is 5. The zero-order valence-electron chi connectivity index (χ0n) is 18.9. The number of aromatic nitrogens is 9. The van der Waals surface area contributed by atoms with Gasteiger partial charge in [0.2, 0.25) is 5.88 Å². The molecule has 6 aromatic heterocycles. The van der Waals surface area contributed by atoms with E-state index in [0.717, 1.165) is 11.3 Å². The van der Waals surface area contributed by atoms with Crippen molar-refractivity contribution in [2.75, 3.05) is 0 Å². The van der Waals surface area contributed by atoms with Crippen LogP contribution in [0.2, 0.25) is 5.02 Å². The van der Waals surface area contributed by atoms with Gasteiger partial charge in [-0.1, -0.05) is 18.5 Å². The third kappa shape index (κ3) is 3.46. The van der Waals surface area contributed by atoms with Crippen LogP contribution in [0.4, 0.5) is 0 Å². The number of pyridine rings is 2. The third-order valence-electron chi connectivity index (χ3n) is 5.58. The van der Waals surface area contributed by atoms with E-state index in [-0.39, 0.29) is 17.6 Å². The first kappa shape index (κ1) is 21.1. The molecular weight excluding hydrogens is 474 g/mol. The summed E-state index contributed by atoms with van der Waals surface area (Å²) < 4.78 is 16.1. The Hall–Kier alpha value is -4.45. The average molecular weight is 492 g/mol. The maximum Gasteiger partial charge on any atom is 0.327 e. The van der Waals surface area contributed by atoms with Crippen LogP contribution in [-0.4, -0.2) is 39.0 Å². The third-order valence-corrected chi connectivity index (χ3v) is 6.00. The molecule has 0 fully saturated rings. The van der Waals surface area contributed by atoms with Gasteiger partial charge < -0.3 is 24.2 Å². The summed E-state index contributed by atoms with van der Waals surface area (Å²) >= 11 is 6.61. The number of aryl methyl sites for hydroxylation is 3. The van der Waals surface area contributed by atoms with Crippen LogP contribution in [0, 0.1) is 5.21 Å². The summed E-state index contributed by atoms with van der Waals surface area (Å²) in [5, 5.41) is 13.4. The molecule has 12 nitrogen and oxygen atoms in total. The van der Waals surface area contributed by atoms with Gasteiger partial charge in [0.1, 0.15) is 28.5 Å². The molecule has 1 N–H and O–H groups in total. The lowest BCUT2D eigenvalue weighted by molar-refractivity contribution is -0.580. The smallest absolute Gasteiger partial charge is 0.327 e. The molecule has 0 unspecified atom stereocenters. The Kier molecular flexibility index (Phi) is 4.71. The number of halogens is 1. The summed E-state index contributed by atoms with van der Waals surface area (Å²) in [4.78, 5) is 25.0. The fourth-order valence-electron chi connectivity index (χ4n) is 3.91. The Balaban J connectivity index is 1.44. The predicted octanol–water partition coefficient (Wildman–Crippen LogP) is 3.56. The van der Waals surface area contributed by atoms with E-state index in [1.165, 1.54) is 6.20 Å². The lowest BCUT2D eigenvalue weighted by Gasteiger charge is -2.10. The Morgan fingerprint density at radius 1 is 1.03 bits per heavy atom. The Morgan fingerprint density at radius 2 is 1.80 bits per heavy atom. The average Bonchev–Trinajstić information content (AvgIpc) is 3.49. The van der Waals surface area contributed by atoms with E-state index in [4.69, 9.17) is 21.1 Å². The minimum Gasteiger partial charge on any atom is -0.710 e. The van der Waals surface area contributed by atoms with Crippen LogP contribution in [-0.2, 0) is 20.5 Å². The SMILES string of the molecule is CCc1[nH]c2nc(Oc3cc4ncn(C)c4[n+]([O-])c3)nc(Oc3cnc4c(c3)ncn4C)c2c1Cl. The van der Waals surface area contributed by atoms with E-state index in [2.05, 4.69) is 29.9 Å². The molecule has 6 rings (SSSR count). The molecule has 0 radical (unpaired) electrons. The van der Waals surface area contributed by atoms with Crippen molar-refractivity contribution < 1.29 is 14.2 Å². The second kappa shape index (κ2) is 7.81. The van der Waals surface area contributed by atoms with Crippen molar-refractivity contribution in [2.24, 2.45) is 14.1 Å². The molecule has 6 aromatic rings. The molecule has 6 heterocycles. The minimum atomic E-state index is -0.0322. The second-order valence-corrected chi connectivity index (χ2v) is 8.32. The van der Waals surface area contributed by atoms with Gasteiger partial charge in [-0.2, -0.15) is 9.97 Å². The Labute approximate surface area is 202 Å². The Morgan fingerprint density at radius 3 is 2.63 bits per heavy atom. The molecule has 0 saturated heterocycles. The number of hydrogen-bond acceptors (Lipinski definition) is 8. The minimum absolute atomic E-state index is 0.0322. The van der Waals surface area contributed by atoms with Crippen molar-refractivity contribution in [3.63, 3.8) is 0 Å². The van der Waals surface area contributed by atoms with Crippen molar-refractivity contribution in [2.45, 2.75) is 13.3 Å². The number of nitrogens with zero attached hydrogens (tertiary/aromatic N) is 8. The van der Waals surface area contributed by atoms with Gasteiger partial charge in [-0.25, -0.2) is 24.2 Å². The van der Waals surface area contributed by atoms with E-state index in [0.29, 0.717) is 49.6 Å². The predicted molar refractivity (Wildman–Crippen MR) is 127 cm³/mol. The van der Waals surface area contributed by atoms with Gasteiger partial charge in [-0.3, -0.25) is 0 Å². The number of imidazole rings is 2. The van der Waals surface area contributed by atoms with Gasteiger partial charge in [0.15, 0.2) is 23.2 Å². The van der Waals surface area contributed by atoms with Gasteiger partial charge in [0.05, 0.1) is 24.6 Å². The van der Waals surface area contributed by atoms with E-state index in [1.54, 1.807) is 42.6 Å². The highest BCUT2D eigenvalue weighted by Crippen LogP contribution is 2.37. The molecular formula is C22H18ClN9O3. The summed E-state index contributed by atoms with van der Waals surface area (Å²) in [6, 6.07) is 3.36. The van der Waals surface area contributed by atoms with Gasteiger partial charge in [0, 0.05) is 24.9 Å². The van der Waals surface area contributed by atoms with Gasteiger partial charge in [-0.15, -0.1) is 0 Å². The largest absolute Gasteiger partial charge is 0.710 e. The summed E-state index contributed by atoms with van der Waals surface area (Å²) in [7, 11) is 3.60. The van der Waals surface area contributed by atoms with E-state index in [9.17, 15) is 5.21 Å². The van der Waals surface area contributed by atoms with Crippen LogP contribution in [0.15, 0.2) is 37.2 Å². The standard InChI is InChI=1S/C22H18ClN9O3/c1-4-13-17(23)16-18(27-13)28-22(35-12-6-15-21(32(33)8-12)31(3)10-26-15)29-20(16)34-11-5-14-19(24-7-11)30(2)9-25-14/h5-10H,4H2,1-3H3,(H,27,28,29). The van der Waals surface area contributed by atoms with Crippen LogP contribution in [0.3, 0.4) is 0 Å². The van der Waals surface area contributed by atoms with E-state index in [1.807, 2.05) is 18.5 Å². The first-order valence-electron chi connectivity index (χ1n) is 10.7. The number of fused-ring (bicyclic) bond motifs is 3. The molecule has 0 atom stereocenters. The first-order chi connectivity index (χ1) is 16.9. The summed E-state index contributed by atoms with van der Waals surface area (Å²) in [5.41, 5.74) is 3.49. The molecule has 13 heteroatoms. The molecule has 0 spiro atoms. The summed E-state index contributed by atoms with van der Waals surface area (Å²) in [6.07, 6.45) is 6.74. The van der Waals surface area contributed by atoms with Crippen LogP contribution in [0.25, 0.3) is 33.4 Å². The molecule has 176 valence electrons. The molecule has 0 aliphatic carbocycles. The fraction of sp³-hybridized carbons (Fsp3) is 0.182. The van der Waals surface area contributed by atoms with Crippen molar-refractivity contribution in [3.05, 3.63) is 53.1 Å². The highest BCUT2D eigenvalue weighted by molar-refractivity contribution is 6.36. The number of ether oxygens (including phenoxy) is 2. The first-order valence-corrected chi connectivity index (χ1v) is 11.0. The molecule has 0 aliphatic rings. The lowest BCUT2D eigenvalue weighted by atomic mass is 10.3. The topological polar surface area (TPSA) is 136 Å². The van der Waals surface area contributed by atoms with E-state index >= 15 is 0 Å². The monoisotopic (exact) mass is 491 g/mol. The maximum absolute atomic E-state index is 12.5.